The van der Waals surface area contributed by atoms with Crippen LogP contribution in [-0.4, -0.2) is 27.6 Å². The number of hydrogen-bond acceptors (Lipinski definition) is 3. The Labute approximate surface area is 93.9 Å². The fraction of sp³-hybridized carbons (Fsp3) is 0.333. The van der Waals surface area contributed by atoms with Gasteiger partial charge in [-0.3, -0.25) is 9.78 Å². The maximum Gasteiger partial charge on any atom is 0.288 e. The summed E-state index contributed by atoms with van der Waals surface area (Å²) < 4.78 is 14.8. The van der Waals surface area contributed by atoms with Crippen molar-refractivity contribution in [2.75, 3.05) is 12.5 Å². The molecule has 1 rings (SSSR count). The summed E-state index contributed by atoms with van der Waals surface area (Å²) in [6.07, 6.45) is 4.12. The fourth-order valence-electron chi connectivity index (χ4n) is 0.933. The third-order valence-corrected chi connectivity index (χ3v) is 2.44. The average molecular weight is 247 g/mol. The lowest BCUT2D eigenvalue weighted by atomic mass is 10.2. The Morgan fingerprint density at radius 1 is 1.53 bits per heavy atom. The first-order chi connectivity index (χ1) is 6.79. The van der Waals surface area contributed by atoms with Crippen LogP contribution in [0.5, 0.6) is 0 Å². The van der Waals surface area contributed by atoms with Gasteiger partial charge < -0.3 is 0 Å². The van der Waals surface area contributed by atoms with Crippen molar-refractivity contribution < 1.29 is 9.00 Å². The van der Waals surface area contributed by atoms with Crippen molar-refractivity contribution in [1.29, 1.82) is 0 Å². The SMILES string of the molecule is Cc1cc(Cl)c(C(=O)N=S(C)(C)=O)cn1. The Morgan fingerprint density at radius 3 is 2.60 bits per heavy atom. The summed E-state index contributed by atoms with van der Waals surface area (Å²) in [6, 6.07) is 1.57. The highest BCUT2D eigenvalue weighted by molar-refractivity contribution is 7.92. The number of pyridine rings is 1. The smallest absolute Gasteiger partial charge is 0.266 e. The predicted octanol–water partition coefficient (Wildman–Crippen LogP) is 1.91. The maximum atomic E-state index is 11.5. The standard InChI is InChI=1S/C9H11ClN2O2S/c1-6-4-8(10)7(5-11-6)9(13)12-15(2,3)14/h4-5H,1-3H3. The maximum absolute atomic E-state index is 11.5. The molecular formula is C9H11ClN2O2S. The molecule has 6 heteroatoms. The van der Waals surface area contributed by atoms with Crippen LogP contribution in [0.2, 0.25) is 5.02 Å². The molecule has 1 aromatic rings. The van der Waals surface area contributed by atoms with E-state index in [0.717, 1.165) is 0 Å². The van der Waals surface area contributed by atoms with Crippen LogP contribution >= 0.6 is 11.6 Å². The van der Waals surface area contributed by atoms with E-state index in [1.807, 2.05) is 0 Å². The number of carbonyl (C=O) groups excluding carboxylic acids is 1. The first kappa shape index (κ1) is 12.1. The summed E-state index contributed by atoms with van der Waals surface area (Å²) in [4.78, 5) is 15.5. The van der Waals surface area contributed by atoms with E-state index < -0.39 is 15.6 Å². The van der Waals surface area contributed by atoms with Gasteiger partial charge in [-0.25, -0.2) is 4.21 Å². The van der Waals surface area contributed by atoms with E-state index in [0.29, 0.717) is 5.69 Å². The molecule has 0 unspecified atom stereocenters. The minimum absolute atomic E-state index is 0.179. The predicted molar refractivity (Wildman–Crippen MR) is 60.7 cm³/mol. The Morgan fingerprint density at radius 2 is 2.13 bits per heavy atom. The van der Waals surface area contributed by atoms with Crippen LogP contribution < -0.4 is 0 Å². The van der Waals surface area contributed by atoms with Crippen LogP contribution in [0.3, 0.4) is 0 Å². The minimum Gasteiger partial charge on any atom is -0.266 e. The number of halogens is 1. The molecule has 0 aromatic carbocycles. The quantitative estimate of drug-likeness (QED) is 0.761. The molecular weight excluding hydrogens is 236 g/mol. The van der Waals surface area contributed by atoms with Crippen molar-refractivity contribution in [2.24, 2.45) is 4.36 Å². The molecule has 15 heavy (non-hydrogen) atoms. The number of rotatable bonds is 1. The molecule has 0 radical (unpaired) electrons. The molecule has 82 valence electrons. The number of amides is 1. The van der Waals surface area contributed by atoms with Gasteiger partial charge in [0.15, 0.2) is 0 Å². The van der Waals surface area contributed by atoms with E-state index in [2.05, 4.69) is 9.35 Å². The molecule has 0 bridgehead atoms. The number of aryl methyl sites for hydroxylation is 1. The largest absolute Gasteiger partial charge is 0.288 e. The molecule has 4 nitrogen and oxygen atoms in total. The zero-order valence-corrected chi connectivity index (χ0v) is 10.2. The van der Waals surface area contributed by atoms with Gasteiger partial charge in [0.25, 0.3) is 5.91 Å². The Kier molecular flexibility index (Phi) is 3.46. The van der Waals surface area contributed by atoms with Gasteiger partial charge in [0.05, 0.1) is 10.6 Å². The lowest BCUT2D eigenvalue weighted by Gasteiger charge is -2.00. The zero-order chi connectivity index (χ0) is 11.6. The molecule has 0 aliphatic rings. The third-order valence-electron chi connectivity index (χ3n) is 1.52. The van der Waals surface area contributed by atoms with Crippen LogP contribution in [-0.2, 0) is 9.73 Å². The van der Waals surface area contributed by atoms with Gasteiger partial charge in [-0.2, -0.15) is 4.36 Å². The van der Waals surface area contributed by atoms with Gasteiger partial charge in [-0.1, -0.05) is 11.6 Å². The number of nitrogens with zero attached hydrogens (tertiary/aromatic N) is 2. The van der Waals surface area contributed by atoms with Gasteiger partial charge in [0.2, 0.25) is 0 Å². The monoisotopic (exact) mass is 246 g/mol. The molecule has 1 amide bonds. The normalized spacial score (nSPS) is 11.2. The van der Waals surface area contributed by atoms with Gasteiger partial charge in [-0.15, -0.1) is 0 Å². The summed E-state index contributed by atoms with van der Waals surface area (Å²) in [5.41, 5.74) is 0.893. The second kappa shape index (κ2) is 4.28. The second-order valence-corrected chi connectivity index (χ2v) is 6.34. The first-order valence-electron chi connectivity index (χ1n) is 4.13. The molecule has 1 heterocycles. The van der Waals surface area contributed by atoms with E-state index in [9.17, 15) is 9.00 Å². The highest BCUT2D eigenvalue weighted by Gasteiger charge is 2.11. The molecule has 0 saturated heterocycles. The molecule has 0 aliphatic heterocycles. The van der Waals surface area contributed by atoms with Crippen molar-refractivity contribution in [3.63, 3.8) is 0 Å². The number of hydrogen-bond donors (Lipinski definition) is 0. The average Bonchev–Trinajstić information content (AvgIpc) is 1.99. The number of aromatic nitrogens is 1. The van der Waals surface area contributed by atoms with Crippen LogP contribution in [0.1, 0.15) is 16.1 Å². The van der Waals surface area contributed by atoms with E-state index in [1.165, 1.54) is 18.7 Å². The zero-order valence-electron chi connectivity index (χ0n) is 8.65. The van der Waals surface area contributed by atoms with E-state index >= 15 is 0 Å². The molecule has 0 spiro atoms. The van der Waals surface area contributed by atoms with Crippen LogP contribution in [0.4, 0.5) is 0 Å². The highest BCUT2D eigenvalue weighted by atomic mass is 35.5. The second-order valence-electron chi connectivity index (χ2n) is 3.38. The molecule has 0 atom stereocenters. The van der Waals surface area contributed by atoms with Crippen molar-refractivity contribution >= 4 is 27.2 Å². The third kappa shape index (κ3) is 3.60. The lowest BCUT2D eigenvalue weighted by Crippen LogP contribution is -2.02. The van der Waals surface area contributed by atoms with Crippen molar-refractivity contribution in [3.8, 4) is 0 Å². The Balaban J connectivity index is 3.20. The molecule has 0 aliphatic carbocycles. The summed E-state index contributed by atoms with van der Waals surface area (Å²) in [5.74, 6) is -0.595. The van der Waals surface area contributed by atoms with Gasteiger partial charge in [-0.05, 0) is 13.0 Å². The topological polar surface area (TPSA) is 59.4 Å². The van der Waals surface area contributed by atoms with Gasteiger partial charge >= 0.3 is 0 Å². The van der Waals surface area contributed by atoms with Crippen LogP contribution in [0.15, 0.2) is 16.6 Å². The summed E-state index contributed by atoms with van der Waals surface area (Å²) in [7, 11) is -2.46. The van der Waals surface area contributed by atoms with E-state index in [1.54, 1.807) is 13.0 Å². The molecule has 0 fully saturated rings. The van der Waals surface area contributed by atoms with Crippen molar-refractivity contribution in [1.82, 2.24) is 4.98 Å². The summed E-state index contributed by atoms with van der Waals surface area (Å²) in [5, 5.41) is 0.278. The van der Waals surface area contributed by atoms with Crippen molar-refractivity contribution in [3.05, 3.63) is 28.5 Å². The summed E-state index contributed by atoms with van der Waals surface area (Å²) in [6.45, 7) is 1.76. The van der Waals surface area contributed by atoms with Crippen molar-refractivity contribution in [2.45, 2.75) is 6.92 Å². The van der Waals surface area contributed by atoms with Gasteiger partial charge in [0, 0.05) is 34.1 Å². The van der Waals surface area contributed by atoms with E-state index in [4.69, 9.17) is 11.6 Å². The Bertz CT molecular complexity index is 511. The highest BCUT2D eigenvalue weighted by Crippen LogP contribution is 2.16. The lowest BCUT2D eigenvalue weighted by molar-refractivity contribution is 0.100. The first-order valence-corrected chi connectivity index (χ1v) is 6.84. The van der Waals surface area contributed by atoms with E-state index in [-0.39, 0.29) is 10.6 Å². The number of carbonyl (C=O) groups is 1. The molecule has 0 saturated carbocycles. The van der Waals surface area contributed by atoms with Crippen LogP contribution in [0.25, 0.3) is 0 Å². The van der Waals surface area contributed by atoms with Crippen LogP contribution in [0, 0.1) is 6.92 Å². The fourth-order valence-corrected chi connectivity index (χ4v) is 1.72. The Hall–Kier alpha value is -0.940. The molecule has 1 aromatic heterocycles. The molecule has 0 N–H and O–H groups in total. The minimum atomic E-state index is -2.46. The summed E-state index contributed by atoms with van der Waals surface area (Å²) >= 11 is 5.84. The van der Waals surface area contributed by atoms with Gasteiger partial charge in [0.1, 0.15) is 0 Å².